The highest BCUT2D eigenvalue weighted by molar-refractivity contribution is 5.92. The van der Waals surface area contributed by atoms with Gasteiger partial charge in [0.15, 0.2) is 11.6 Å². The summed E-state index contributed by atoms with van der Waals surface area (Å²) in [4.78, 5) is 0. The van der Waals surface area contributed by atoms with Gasteiger partial charge in [0.05, 0.1) is 38.2 Å². The SMILES string of the molecule is CC1([C@@H]2CC[C@@H]3[C@H]4CC[C@H]5CC6(C/C(=N\O)[C@]5(C)[C@@H]4[C@@H](O)C[C@@]32C)OCCO6)OCCO1. The van der Waals surface area contributed by atoms with E-state index in [1.165, 1.54) is 0 Å². The van der Waals surface area contributed by atoms with E-state index in [1.54, 1.807) is 0 Å². The number of aliphatic hydroxyl groups excluding tert-OH is 1. The third kappa shape index (κ3) is 2.75. The van der Waals surface area contributed by atoms with Gasteiger partial charge in [0.2, 0.25) is 0 Å². The largest absolute Gasteiger partial charge is 0.411 e. The van der Waals surface area contributed by atoms with Crippen molar-refractivity contribution in [3.8, 4) is 0 Å². The number of hydrogen-bond acceptors (Lipinski definition) is 7. The number of oxime groups is 1. The molecule has 0 aromatic carbocycles. The summed E-state index contributed by atoms with van der Waals surface area (Å²) in [5.41, 5.74) is 0.422. The predicted molar refractivity (Wildman–Crippen MR) is 116 cm³/mol. The van der Waals surface area contributed by atoms with E-state index in [2.05, 4.69) is 25.9 Å². The molecule has 0 unspecified atom stereocenters. The number of aliphatic hydroxyl groups is 1. The van der Waals surface area contributed by atoms with Gasteiger partial charge in [-0.2, -0.15) is 0 Å². The van der Waals surface area contributed by atoms with Gasteiger partial charge in [-0.05, 0) is 68.1 Å². The number of nitrogens with zero attached hydrogens (tertiary/aromatic N) is 1. The van der Waals surface area contributed by atoms with Gasteiger partial charge in [-0.15, -0.1) is 0 Å². The first kappa shape index (κ1) is 21.8. The number of fused-ring (bicyclic) bond motifs is 5. The molecule has 0 amide bonds. The van der Waals surface area contributed by atoms with Crippen LogP contribution in [0.3, 0.4) is 0 Å². The van der Waals surface area contributed by atoms with E-state index in [0.29, 0.717) is 50.6 Å². The Labute approximate surface area is 190 Å². The molecule has 0 aromatic heterocycles. The number of rotatable bonds is 1. The van der Waals surface area contributed by atoms with Crippen molar-refractivity contribution in [2.45, 2.75) is 83.4 Å². The van der Waals surface area contributed by atoms with Crippen LogP contribution in [0.5, 0.6) is 0 Å². The van der Waals surface area contributed by atoms with E-state index in [-0.39, 0.29) is 22.7 Å². The van der Waals surface area contributed by atoms with Gasteiger partial charge in [-0.1, -0.05) is 19.0 Å². The van der Waals surface area contributed by atoms with Crippen molar-refractivity contribution in [1.29, 1.82) is 0 Å². The second-order valence-electron chi connectivity index (χ2n) is 12.0. The molecular weight excluding hydrogens is 410 g/mol. The highest BCUT2D eigenvalue weighted by Crippen LogP contribution is 2.69. The maximum Gasteiger partial charge on any atom is 0.174 e. The molecule has 6 rings (SSSR count). The lowest BCUT2D eigenvalue weighted by atomic mass is 9.43. The van der Waals surface area contributed by atoms with Crippen LogP contribution >= 0.6 is 0 Å². The molecule has 32 heavy (non-hydrogen) atoms. The van der Waals surface area contributed by atoms with E-state index in [9.17, 15) is 10.3 Å². The molecule has 6 aliphatic rings. The summed E-state index contributed by atoms with van der Waals surface area (Å²) in [7, 11) is 0. The number of ether oxygens (including phenoxy) is 4. The Hall–Kier alpha value is -0.730. The summed E-state index contributed by atoms with van der Waals surface area (Å²) < 4.78 is 24.3. The minimum absolute atomic E-state index is 0.00699. The van der Waals surface area contributed by atoms with Gasteiger partial charge >= 0.3 is 0 Å². The average Bonchev–Trinajstić information content (AvgIpc) is 3.47. The molecule has 0 aromatic rings. The van der Waals surface area contributed by atoms with Gasteiger partial charge in [0, 0.05) is 24.2 Å². The maximum absolute atomic E-state index is 11.8. The molecule has 4 saturated carbocycles. The predicted octanol–water partition coefficient (Wildman–Crippen LogP) is 3.56. The fourth-order valence-electron chi connectivity index (χ4n) is 9.65. The van der Waals surface area contributed by atoms with Crippen LogP contribution in [0.2, 0.25) is 0 Å². The van der Waals surface area contributed by atoms with Gasteiger partial charge in [0.25, 0.3) is 0 Å². The summed E-state index contributed by atoms with van der Waals surface area (Å²) in [6.07, 6.45) is 6.03. The van der Waals surface area contributed by atoms with E-state index < -0.39 is 17.7 Å². The van der Waals surface area contributed by atoms with Gasteiger partial charge in [-0.25, -0.2) is 0 Å². The Balaban J connectivity index is 1.34. The molecule has 0 radical (unpaired) electrons. The molecule has 2 aliphatic heterocycles. The Morgan fingerprint density at radius 2 is 1.56 bits per heavy atom. The maximum atomic E-state index is 11.8. The molecule has 180 valence electrons. The second-order valence-corrected chi connectivity index (χ2v) is 12.0. The molecule has 7 nitrogen and oxygen atoms in total. The zero-order valence-electron chi connectivity index (χ0n) is 19.7. The third-order valence-corrected chi connectivity index (χ3v) is 10.9. The van der Waals surface area contributed by atoms with Crippen LogP contribution in [0.1, 0.15) is 65.7 Å². The minimum atomic E-state index is -0.642. The molecule has 1 spiro atoms. The summed E-state index contributed by atoms with van der Waals surface area (Å²) in [5.74, 6) is 0.441. The van der Waals surface area contributed by atoms with Crippen LogP contribution in [0, 0.1) is 40.4 Å². The molecule has 2 saturated heterocycles. The van der Waals surface area contributed by atoms with Crippen molar-refractivity contribution in [1.82, 2.24) is 0 Å². The third-order valence-electron chi connectivity index (χ3n) is 10.9. The first-order valence-electron chi connectivity index (χ1n) is 12.7. The topological polar surface area (TPSA) is 89.7 Å². The molecular formula is C25H39NO6. The van der Waals surface area contributed by atoms with E-state index >= 15 is 0 Å². The molecule has 0 bridgehead atoms. The van der Waals surface area contributed by atoms with Crippen molar-refractivity contribution in [3.05, 3.63) is 0 Å². The fraction of sp³-hybridized carbons (Fsp3) is 0.960. The average molecular weight is 450 g/mol. The monoisotopic (exact) mass is 449 g/mol. The molecule has 8 atom stereocenters. The summed E-state index contributed by atoms with van der Waals surface area (Å²) in [6, 6.07) is 0. The summed E-state index contributed by atoms with van der Waals surface area (Å²) in [5, 5.41) is 25.7. The zero-order chi connectivity index (χ0) is 22.4. The Morgan fingerprint density at radius 1 is 0.875 bits per heavy atom. The zero-order valence-corrected chi connectivity index (χ0v) is 19.7. The Morgan fingerprint density at radius 3 is 2.25 bits per heavy atom. The Bertz CT molecular complexity index is 789. The van der Waals surface area contributed by atoms with Crippen molar-refractivity contribution in [2.75, 3.05) is 26.4 Å². The van der Waals surface area contributed by atoms with Crippen LogP contribution in [-0.4, -0.2) is 60.1 Å². The van der Waals surface area contributed by atoms with E-state index in [0.717, 1.165) is 44.2 Å². The minimum Gasteiger partial charge on any atom is -0.411 e. The molecule has 2 heterocycles. The first-order valence-corrected chi connectivity index (χ1v) is 12.7. The Kier molecular flexibility index (Phi) is 4.86. The van der Waals surface area contributed by atoms with E-state index in [1.807, 2.05) is 0 Å². The van der Waals surface area contributed by atoms with Crippen LogP contribution in [0.4, 0.5) is 0 Å². The molecule has 4 aliphatic carbocycles. The van der Waals surface area contributed by atoms with Crippen LogP contribution in [0.15, 0.2) is 5.16 Å². The van der Waals surface area contributed by atoms with Crippen LogP contribution in [0.25, 0.3) is 0 Å². The lowest BCUT2D eigenvalue weighted by Gasteiger charge is -2.63. The van der Waals surface area contributed by atoms with Crippen molar-refractivity contribution in [3.63, 3.8) is 0 Å². The lowest BCUT2D eigenvalue weighted by molar-refractivity contribution is -0.233. The molecule has 6 fully saturated rings. The van der Waals surface area contributed by atoms with Crippen molar-refractivity contribution in [2.24, 2.45) is 45.6 Å². The summed E-state index contributed by atoms with van der Waals surface area (Å²) in [6.45, 7) is 9.23. The lowest BCUT2D eigenvalue weighted by Crippen LogP contribution is -2.64. The van der Waals surface area contributed by atoms with Gasteiger partial charge in [-0.3, -0.25) is 0 Å². The van der Waals surface area contributed by atoms with Gasteiger partial charge < -0.3 is 29.3 Å². The normalized spacial score (nSPS) is 52.7. The highest BCUT2D eigenvalue weighted by Gasteiger charge is 2.68. The van der Waals surface area contributed by atoms with Gasteiger partial charge in [0.1, 0.15) is 0 Å². The number of hydrogen-bond donors (Lipinski definition) is 2. The quantitative estimate of drug-likeness (QED) is 0.470. The second kappa shape index (κ2) is 7.14. The fourth-order valence-corrected chi connectivity index (χ4v) is 9.65. The molecule has 7 heteroatoms. The van der Waals surface area contributed by atoms with Crippen molar-refractivity contribution >= 4 is 5.71 Å². The standard InChI is InChI=1S/C25H39NO6/c1-22-13-18(27)21-16(17(22)6-7-19(22)24(3)29-8-9-30-24)5-4-15-12-25(31-10-11-32-25)14-20(26-28)23(15,21)2/h15-19,21,27-28H,4-14H2,1-3H3/b26-20+/t15-,16+,17+,18-,19+,21-,22-,23+/m0/s1. The van der Waals surface area contributed by atoms with E-state index in [4.69, 9.17) is 18.9 Å². The van der Waals surface area contributed by atoms with Crippen LogP contribution in [-0.2, 0) is 18.9 Å². The van der Waals surface area contributed by atoms with Crippen LogP contribution < -0.4 is 0 Å². The first-order chi connectivity index (χ1) is 15.3. The summed E-state index contributed by atoms with van der Waals surface area (Å²) >= 11 is 0. The smallest absolute Gasteiger partial charge is 0.174 e. The van der Waals surface area contributed by atoms with Crippen molar-refractivity contribution < 1.29 is 29.3 Å². The molecule has 2 N–H and O–H groups in total. The highest BCUT2D eigenvalue weighted by atomic mass is 16.7.